The summed E-state index contributed by atoms with van der Waals surface area (Å²) in [5.74, 6) is -0.634. The van der Waals surface area contributed by atoms with Crippen molar-refractivity contribution in [1.82, 2.24) is 34.3 Å². The number of hydroxylamine groups is 2. The average Bonchev–Trinajstić information content (AvgIpc) is 4.25. The second kappa shape index (κ2) is 21.3. The van der Waals surface area contributed by atoms with E-state index in [1.807, 2.05) is 26.0 Å². The number of hydrogen-bond acceptors (Lipinski definition) is 11. The van der Waals surface area contributed by atoms with Crippen LogP contribution < -0.4 is 10.6 Å². The highest BCUT2D eigenvalue weighted by molar-refractivity contribution is 6.08. The van der Waals surface area contributed by atoms with E-state index in [4.69, 9.17) is 4.84 Å². The molecule has 0 spiro atoms. The molecule has 4 aromatic heterocycles. The third-order valence-electron chi connectivity index (χ3n) is 12.5. The van der Waals surface area contributed by atoms with Gasteiger partial charge in [-0.3, -0.25) is 24.0 Å². The highest BCUT2D eigenvalue weighted by atomic mass is 19.4. The lowest BCUT2D eigenvalue weighted by Gasteiger charge is -2.15. The van der Waals surface area contributed by atoms with Crippen LogP contribution in [0.2, 0.25) is 0 Å². The van der Waals surface area contributed by atoms with E-state index in [-0.39, 0.29) is 51.2 Å². The first-order chi connectivity index (χ1) is 34.7. The Morgan fingerprint density at radius 2 is 1.14 bits per heavy atom. The summed E-state index contributed by atoms with van der Waals surface area (Å²) in [7, 11) is 2.72. The Labute approximate surface area is 413 Å². The van der Waals surface area contributed by atoms with Crippen molar-refractivity contribution >= 4 is 45.9 Å². The second-order valence-electron chi connectivity index (χ2n) is 18.3. The van der Waals surface area contributed by atoms with Gasteiger partial charge in [0.05, 0.1) is 55.1 Å². The zero-order valence-electron chi connectivity index (χ0n) is 40.1. The van der Waals surface area contributed by atoms with E-state index in [0.717, 1.165) is 47.9 Å². The van der Waals surface area contributed by atoms with E-state index in [1.165, 1.54) is 65.9 Å². The Bertz CT molecular complexity index is 3230. The molecule has 4 heterocycles. The fourth-order valence-corrected chi connectivity index (χ4v) is 8.17. The number of amides is 1. The molecule has 73 heavy (non-hydrogen) atoms. The molecule has 0 bridgehead atoms. The summed E-state index contributed by atoms with van der Waals surface area (Å²) in [6.45, 7) is 2.86. The number of carbonyl (C=O) groups excluding carboxylic acids is 4. The van der Waals surface area contributed by atoms with E-state index in [2.05, 4.69) is 30.8 Å². The number of Topliss-reactive ketones (excluding diaryl/α,β-unsaturated/α-hetero) is 2. The average molecular weight is 1010 g/mol. The van der Waals surface area contributed by atoms with E-state index in [1.54, 1.807) is 24.3 Å². The second-order valence-corrected chi connectivity index (χ2v) is 18.3. The maximum absolute atomic E-state index is 13.8. The van der Waals surface area contributed by atoms with Gasteiger partial charge in [0.15, 0.2) is 28.6 Å². The smallest absolute Gasteiger partial charge is 0.382 e. The van der Waals surface area contributed by atoms with Gasteiger partial charge in [-0.1, -0.05) is 36.4 Å². The molecule has 3 aromatic carbocycles. The van der Waals surface area contributed by atoms with Gasteiger partial charge in [-0.25, -0.2) is 28.5 Å². The number of imidazole rings is 2. The Morgan fingerprint density at radius 1 is 0.671 bits per heavy atom. The number of nitrogens with zero attached hydrogens (tertiary/aromatic N) is 7. The van der Waals surface area contributed by atoms with E-state index >= 15 is 0 Å². The molecule has 0 unspecified atom stereocenters. The standard InChI is InChI=1S/C28H24F4N4O2.C24H26F3N5O3/c1-16-11-18(7-8-21(16)25(37)12-17-5-6-17)24-15-34-27-23(33-10-9-28(30,31)32)14-22(35-36(24)27)26(38)19-3-2-4-20(29)13-19;1-14-10-16(6-7-17(14)21(33)11-15-4-5-15)20-13-29-22-18(28-9-8-24(25,26)27)12-19(30-32(20)22)23(34)31(2)35-3/h2-4,7-8,11,13-15,17,33H,5-6,9-10,12H2,1H3;6-7,10,12-13,15,28H,4-5,8-9,11H2,1-3H3. The molecule has 7 aromatic rings. The molecular formula is C52H50F7N9O5. The maximum Gasteiger partial charge on any atom is 0.390 e. The molecule has 14 nitrogen and oxygen atoms in total. The van der Waals surface area contributed by atoms with Crippen molar-refractivity contribution in [2.45, 2.75) is 77.6 Å². The molecule has 382 valence electrons. The van der Waals surface area contributed by atoms with E-state index in [9.17, 15) is 49.9 Å². The van der Waals surface area contributed by atoms with Crippen molar-refractivity contribution in [1.29, 1.82) is 0 Å². The predicted octanol–water partition coefficient (Wildman–Crippen LogP) is 11.1. The predicted molar refractivity (Wildman–Crippen MR) is 257 cm³/mol. The Kier molecular flexibility index (Phi) is 15.1. The topological polar surface area (TPSA) is 165 Å². The van der Waals surface area contributed by atoms with Crippen molar-refractivity contribution in [3.05, 3.63) is 130 Å². The van der Waals surface area contributed by atoms with Crippen LogP contribution in [0.5, 0.6) is 0 Å². The van der Waals surface area contributed by atoms with Gasteiger partial charge >= 0.3 is 12.4 Å². The zero-order chi connectivity index (χ0) is 52.4. The number of nitrogens with one attached hydrogen (secondary N) is 2. The molecule has 1 amide bonds. The fourth-order valence-electron chi connectivity index (χ4n) is 8.17. The lowest BCUT2D eigenvalue weighted by molar-refractivity contribution is -0.132. The van der Waals surface area contributed by atoms with Gasteiger partial charge in [0, 0.05) is 60.8 Å². The molecule has 2 saturated carbocycles. The zero-order valence-corrected chi connectivity index (χ0v) is 40.1. The third kappa shape index (κ3) is 12.7. The summed E-state index contributed by atoms with van der Waals surface area (Å²) >= 11 is 0. The summed E-state index contributed by atoms with van der Waals surface area (Å²) in [4.78, 5) is 64.7. The first-order valence-corrected chi connectivity index (χ1v) is 23.5. The molecule has 0 atom stereocenters. The van der Waals surface area contributed by atoms with Gasteiger partial charge in [0.25, 0.3) is 5.91 Å². The monoisotopic (exact) mass is 1010 g/mol. The summed E-state index contributed by atoms with van der Waals surface area (Å²) in [5, 5.41) is 15.2. The van der Waals surface area contributed by atoms with Crippen LogP contribution in [0.4, 0.5) is 42.1 Å². The van der Waals surface area contributed by atoms with Crippen LogP contribution >= 0.6 is 0 Å². The molecule has 0 aliphatic heterocycles. The maximum atomic E-state index is 13.8. The van der Waals surface area contributed by atoms with Crippen molar-refractivity contribution in [2.75, 3.05) is 37.9 Å². The first kappa shape index (κ1) is 51.8. The van der Waals surface area contributed by atoms with Crippen molar-refractivity contribution in [3.8, 4) is 22.5 Å². The number of ketones is 3. The van der Waals surface area contributed by atoms with Crippen LogP contribution in [0.3, 0.4) is 0 Å². The lowest BCUT2D eigenvalue weighted by Crippen LogP contribution is -2.27. The van der Waals surface area contributed by atoms with E-state index < -0.39 is 55.8 Å². The number of carbonyl (C=O) groups is 4. The molecule has 2 fully saturated rings. The van der Waals surface area contributed by atoms with Gasteiger partial charge in [-0.2, -0.15) is 36.5 Å². The highest BCUT2D eigenvalue weighted by Gasteiger charge is 2.30. The van der Waals surface area contributed by atoms with Gasteiger partial charge in [-0.15, -0.1) is 0 Å². The number of alkyl halides is 6. The highest BCUT2D eigenvalue weighted by Crippen LogP contribution is 2.36. The molecule has 2 aliphatic rings. The molecule has 21 heteroatoms. The van der Waals surface area contributed by atoms with Crippen molar-refractivity contribution < 1.29 is 54.7 Å². The number of aryl methyl sites for hydroxylation is 2. The minimum Gasteiger partial charge on any atom is -0.382 e. The molecule has 2 aliphatic carbocycles. The normalized spacial score (nSPS) is 13.7. The van der Waals surface area contributed by atoms with Crippen molar-refractivity contribution in [2.24, 2.45) is 11.8 Å². The molecular weight excluding hydrogens is 964 g/mol. The van der Waals surface area contributed by atoms with Crippen LogP contribution in [-0.2, 0) is 4.84 Å². The fraction of sp³-hybridized carbons (Fsp3) is 0.346. The first-order valence-electron chi connectivity index (χ1n) is 23.5. The Balaban J connectivity index is 0.000000196. The number of rotatable bonds is 18. The quantitative estimate of drug-likeness (QED) is 0.0477. The van der Waals surface area contributed by atoms with Crippen LogP contribution in [0.25, 0.3) is 33.8 Å². The number of benzene rings is 3. The summed E-state index contributed by atoms with van der Waals surface area (Å²) in [6.07, 6.45) is -2.39. The van der Waals surface area contributed by atoms with Gasteiger partial charge in [-0.05, 0) is 98.9 Å². The van der Waals surface area contributed by atoms with Crippen LogP contribution in [0, 0.1) is 31.5 Å². The summed E-state index contributed by atoms with van der Waals surface area (Å²) in [6, 6.07) is 18.5. The Morgan fingerprint density at radius 3 is 1.56 bits per heavy atom. The summed E-state index contributed by atoms with van der Waals surface area (Å²) < 4.78 is 92.9. The van der Waals surface area contributed by atoms with Gasteiger partial charge in [0.1, 0.15) is 11.5 Å². The van der Waals surface area contributed by atoms with Gasteiger partial charge < -0.3 is 10.6 Å². The minimum atomic E-state index is -4.37. The molecule has 2 N–H and O–H groups in total. The minimum absolute atomic E-state index is 0.0384. The number of aromatic nitrogens is 6. The number of halogens is 7. The molecule has 0 saturated heterocycles. The van der Waals surface area contributed by atoms with Crippen molar-refractivity contribution in [3.63, 3.8) is 0 Å². The molecule has 0 radical (unpaired) electrons. The van der Waals surface area contributed by atoms with Gasteiger partial charge in [0.2, 0.25) is 5.78 Å². The Hall–Kier alpha value is -7.55. The van der Waals surface area contributed by atoms with Crippen LogP contribution in [0.15, 0.2) is 85.2 Å². The van der Waals surface area contributed by atoms with Crippen LogP contribution in [-0.4, -0.2) is 97.1 Å². The largest absolute Gasteiger partial charge is 0.390 e. The number of fused-ring (bicyclic) bond motifs is 2. The van der Waals surface area contributed by atoms with Crippen LogP contribution in [0.1, 0.15) is 110 Å². The lowest BCUT2D eigenvalue weighted by atomic mass is 9.98. The number of hydrogen-bond donors (Lipinski definition) is 2. The SMILES string of the molecule is CON(C)C(=O)c1cc(NCCC(F)(F)F)c2ncc(-c3ccc(C(=O)CC4CC4)c(C)c3)n2n1.Cc1cc(-c2cnc3c(NCCC(F)(F)F)cc(C(=O)c4cccc(F)c4)nn23)ccc1C(=O)CC1CC1. The third-order valence-corrected chi connectivity index (χ3v) is 12.5. The molecule has 9 rings (SSSR count). The summed E-state index contributed by atoms with van der Waals surface area (Å²) in [5.41, 5.74) is 6.09. The van der Waals surface area contributed by atoms with E-state index in [0.29, 0.717) is 58.3 Å². The number of anilines is 2.